The van der Waals surface area contributed by atoms with Crippen molar-refractivity contribution in [2.24, 2.45) is 0 Å². The van der Waals surface area contributed by atoms with Crippen molar-refractivity contribution in [1.82, 2.24) is 4.90 Å². The fraction of sp³-hybridized carbons (Fsp3) is 0.650. The summed E-state index contributed by atoms with van der Waals surface area (Å²) in [5.74, 6) is 1.03. The molecule has 3 heteroatoms. The van der Waals surface area contributed by atoms with Gasteiger partial charge in [0.15, 0.2) is 0 Å². The van der Waals surface area contributed by atoms with Crippen LogP contribution in [0.5, 0.6) is 5.75 Å². The third-order valence-electron chi connectivity index (χ3n) is 4.14. The topological polar surface area (TPSA) is 29.5 Å². The molecule has 0 aliphatic carbocycles. The van der Waals surface area contributed by atoms with Crippen molar-refractivity contribution in [3.8, 4) is 5.75 Å². The number of carbonyl (C=O) groups is 1. The second-order valence-corrected chi connectivity index (χ2v) is 5.72. The molecule has 0 unspecified atom stereocenters. The minimum atomic E-state index is 0.137. The van der Waals surface area contributed by atoms with E-state index in [0.717, 1.165) is 36.4 Å². The van der Waals surface area contributed by atoms with E-state index in [0.29, 0.717) is 6.54 Å². The molecule has 23 heavy (non-hydrogen) atoms. The van der Waals surface area contributed by atoms with Crippen LogP contribution in [0.2, 0.25) is 0 Å². The Kier molecular flexibility index (Phi) is 9.42. The number of ether oxygens (including phenoxy) is 1. The zero-order chi connectivity index (χ0) is 17.1. The van der Waals surface area contributed by atoms with Gasteiger partial charge in [-0.1, -0.05) is 58.9 Å². The maximum absolute atomic E-state index is 12.1. The number of hydrogen-bond acceptors (Lipinski definition) is 2. The van der Waals surface area contributed by atoms with Gasteiger partial charge in [0.05, 0.1) is 13.2 Å². The Hall–Kier alpha value is -1.51. The molecule has 1 aliphatic rings. The number of rotatable bonds is 9. The summed E-state index contributed by atoms with van der Waals surface area (Å²) in [6, 6.07) is 5.82. The Labute approximate surface area is 142 Å². The Bertz CT molecular complexity index is 471. The van der Waals surface area contributed by atoms with Gasteiger partial charge in [-0.15, -0.1) is 0 Å². The van der Waals surface area contributed by atoms with Crippen molar-refractivity contribution in [2.45, 2.75) is 72.8 Å². The monoisotopic (exact) mass is 319 g/mol. The largest absolute Gasteiger partial charge is 0.493 e. The standard InChI is InChI=1S/C18H27NO2.C2H6/c1-3-5-6-7-8-9-13-21-17-12-10-11-15-16(17)14-19(4-2)18(15)20;1-2/h10-12H,3-9,13-14H2,1-2H3;1-2H3. The average Bonchev–Trinajstić information content (AvgIpc) is 2.93. The number of fused-ring (bicyclic) bond motifs is 1. The molecule has 1 aromatic rings. The normalized spacial score (nSPS) is 12.7. The molecule has 0 saturated carbocycles. The van der Waals surface area contributed by atoms with E-state index >= 15 is 0 Å². The SMILES string of the molecule is CC.CCCCCCCCOc1cccc2c1CN(CC)C2=O. The van der Waals surface area contributed by atoms with Gasteiger partial charge in [0, 0.05) is 17.7 Å². The molecule has 0 bridgehead atoms. The smallest absolute Gasteiger partial charge is 0.254 e. The van der Waals surface area contributed by atoms with Crippen LogP contribution in [0, 0.1) is 0 Å². The summed E-state index contributed by atoms with van der Waals surface area (Å²) in [4.78, 5) is 14.0. The number of amides is 1. The van der Waals surface area contributed by atoms with Gasteiger partial charge in [-0.05, 0) is 25.5 Å². The zero-order valence-corrected chi connectivity index (χ0v) is 15.4. The fourth-order valence-corrected chi connectivity index (χ4v) is 2.82. The first-order valence-corrected chi connectivity index (χ1v) is 9.31. The molecule has 1 aliphatic heterocycles. The Morgan fingerprint density at radius 1 is 1.04 bits per heavy atom. The summed E-state index contributed by atoms with van der Waals surface area (Å²) >= 11 is 0. The van der Waals surface area contributed by atoms with Crippen molar-refractivity contribution >= 4 is 5.91 Å². The number of hydrogen-bond donors (Lipinski definition) is 0. The quantitative estimate of drug-likeness (QED) is 0.568. The molecule has 0 spiro atoms. The molecule has 3 nitrogen and oxygen atoms in total. The molecule has 2 rings (SSSR count). The second kappa shape index (κ2) is 11.1. The molecule has 0 N–H and O–H groups in total. The second-order valence-electron chi connectivity index (χ2n) is 5.72. The van der Waals surface area contributed by atoms with Crippen molar-refractivity contribution in [2.75, 3.05) is 13.2 Å². The Balaban J connectivity index is 0.00000127. The molecule has 0 radical (unpaired) electrons. The lowest BCUT2D eigenvalue weighted by Gasteiger charge is -2.12. The lowest BCUT2D eigenvalue weighted by atomic mass is 10.1. The summed E-state index contributed by atoms with van der Waals surface area (Å²) in [7, 11) is 0. The van der Waals surface area contributed by atoms with Gasteiger partial charge < -0.3 is 9.64 Å². The van der Waals surface area contributed by atoms with Gasteiger partial charge >= 0.3 is 0 Å². The van der Waals surface area contributed by atoms with Gasteiger partial charge in [0.2, 0.25) is 0 Å². The van der Waals surface area contributed by atoms with Crippen molar-refractivity contribution in [3.63, 3.8) is 0 Å². The first-order valence-electron chi connectivity index (χ1n) is 9.31. The molecule has 1 amide bonds. The van der Waals surface area contributed by atoms with E-state index in [-0.39, 0.29) is 5.91 Å². The van der Waals surface area contributed by atoms with Gasteiger partial charge in [-0.2, -0.15) is 0 Å². The highest BCUT2D eigenvalue weighted by Crippen LogP contribution is 2.30. The van der Waals surface area contributed by atoms with E-state index in [1.807, 2.05) is 43.9 Å². The maximum atomic E-state index is 12.1. The number of benzene rings is 1. The van der Waals surface area contributed by atoms with Gasteiger partial charge in [0.25, 0.3) is 5.91 Å². The molecule has 130 valence electrons. The molecular formula is C20H33NO2. The minimum absolute atomic E-state index is 0.137. The van der Waals surface area contributed by atoms with Crippen LogP contribution < -0.4 is 4.74 Å². The van der Waals surface area contributed by atoms with E-state index in [9.17, 15) is 4.79 Å². The van der Waals surface area contributed by atoms with Crippen LogP contribution in [-0.4, -0.2) is 24.0 Å². The fourth-order valence-electron chi connectivity index (χ4n) is 2.82. The Morgan fingerprint density at radius 2 is 1.74 bits per heavy atom. The lowest BCUT2D eigenvalue weighted by molar-refractivity contribution is 0.0787. The summed E-state index contributed by atoms with van der Waals surface area (Å²) < 4.78 is 5.92. The third-order valence-corrected chi connectivity index (χ3v) is 4.14. The van der Waals surface area contributed by atoms with Gasteiger partial charge in [-0.3, -0.25) is 4.79 Å². The molecule has 0 fully saturated rings. The van der Waals surface area contributed by atoms with Crippen LogP contribution in [-0.2, 0) is 6.54 Å². The van der Waals surface area contributed by atoms with Crippen LogP contribution in [0.15, 0.2) is 18.2 Å². The third kappa shape index (κ3) is 5.56. The number of nitrogens with zero attached hydrogens (tertiary/aromatic N) is 1. The highest BCUT2D eigenvalue weighted by molar-refractivity contribution is 5.99. The van der Waals surface area contributed by atoms with E-state index in [1.165, 1.54) is 32.1 Å². The molecule has 0 saturated heterocycles. The summed E-state index contributed by atoms with van der Waals surface area (Å²) in [5.41, 5.74) is 1.88. The highest BCUT2D eigenvalue weighted by atomic mass is 16.5. The first-order chi connectivity index (χ1) is 11.3. The number of unbranched alkanes of at least 4 members (excludes halogenated alkanes) is 5. The van der Waals surface area contributed by atoms with E-state index < -0.39 is 0 Å². The molecule has 0 aromatic heterocycles. The zero-order valence-electron chi connectivity index (χ0n) is 15.4. The highest BCUT2D eigenvalue weighted by Gasteiger charge is 2.28. The first kappa shape index (κ1) is 19.5. The van der Waals surface area contributed by atoms with Gasteiger partial charge in [-0.25, -0.2) is 0 Å². The van der Waals surface area contributed by atoms with Crippen LogP contribution in [0.4, 0.5) is 0 Å². The summed E-state index contributed by atoms with van der Waals surface area (Å²) in [6.07, 6.45) is 7.58. The van der Waals surface area contributed by atoms with Crippen LogP contribution >= 0.6 is 0 Å². The van der Waals surface area contributed by atoms with Crippen molar-refractivity contribution in [3.05, 3.63) is 29.3 Å². The maximum Gasteiger partial charge on any atom is 0.254 e. The number of carbonyl (C=O) groups excluding carboxylic acids is 1. The van der Waals surface area contributed by atoms with Crippen molar-refractivity contribution < 1.29 is 9.53 Å². The van der Waals surface area contributed by atoms with Crippen LogP contribution in [0.3, 0.4) is 0 Å². The Morgan fingerprint density at radius 3 is 2.43 bits per heavy atom. The lowest BCUT2D eigenvalue weighted by Crippen LogP contribution is -2.22. The van der Waals surface area contributed by atoms with Crippen LogP contribution in [0.1, 0.15) is 82.1 Å². The van der Waals surface area contributed by atoms with Gasteiger partial charge in [0.1, 0.15) is 5.75 Å². The predicted molar refractivity (Wildman–Crippen MR) is 97.1 cm³/mol. The van der Waals surface area contributed by atoms with E-state index in [2.05, 4.69) is 6.92 Å². The minimum Gasteiger partial charge on any atom is -0.493 e. The summed E-state index contributed by atoms with van der Waals surface area (Å²) in [6.45, 7) is 10.4. The van der Waals surface area contributed by atoms with E-state index in [4.69, 9.17) is 4.74 Å². The predicted octanol–water partition coefficient (Wildman–Crippen LogP) is 5.43. The molecule has 1 aromatic carbocycles. The van der Waals surface area contributed by atoms with Crippen LogP contribution in [0.25, 0.3) is 0 Å². The average molecular weight is 319 g/mol. The molecular weight excluding hydrogens is 286 g/mol. The summed E-state index contributed by atoms with van der Waals surface area (Å²) in [5, 5.41) is 0. The van der Waals surface area contributed by atoms with E-state index in [1.54, 1.807) is 0 Å². The molecule has 1 heterocycles. The van der Waals surface area contributed by atoms with Crippen molar-refractivity contribution in [1.29, 1.82) is 0 Å². The molecule has 0 atom stereocenters.